The normalized spacial score (nSPS) is 12.8. The maximum atomic E-state index is 6.30. The second-order valence-electron chi connectivity index (χ2n) is 4.85. The summed E-state index contributed by atoms with van der Waals surface area (Å²) in [5.74, 6) is 0. The fraction of sp³-hybridized carbons (Fsp3) is 0.125. The number of benzene rings is 1. The van der Waals surface area contributed by atoms with Crippen molar-refractivity contribution in [3.05, 3.63) is 63.9 Å². The molecule has 2 aromatic rings. The van der Waals surface area contributed by atoms with Crippen LogP contribution in [-0.2, 0) is 25.1 Å². The van der Waals surface area contributed by atoms with E-state index in [2.05, 4.69) is 32.9 Å². The molecule has 1 aliphatic rings. The van der Waals surface area contributed by atoms with Crippen LogP contribution in [0.1, 0.15) is 28.8 Å². The van der Waals surface area contributed by atoms with Crippen LogP contribution in [0.4, 0.5) is 5.69 Å². The van der Waals surface area contributed by atoms with E-state index in [0.717, 1.165) is 24.1 Å². The number of pyridine rings is 1. The molecule has 0 fully saturated rings. The molecule has 21 heavy (non-hydrogen) atoms. The van der Waals surface area contributed by atoms with Gasteiger partial charge in [-0.2, -0.15) is 0 Å². The van der Waals surface area contributed by atoms with Gasteiger partial charge in [0.2, 0.25) is 0 Å². The van der Waals surface area contributed by atoms with Gasteiger partial charge in [0.25, 0.3) is 0 Å². The van der Waals surface area contributed by atoms with Crippen LogP contribution in [0.15, 0.2) is 40.0 Å². The number of nitrogens with two attached hydrogens (primary N) is 1. The quantitative estimate of drug-likeness (QED) is 0.646. The number of aryl methyl sites for hydroxylation is 1. The third-order valence-corrected chi connectivity index (χ3v) is 4.18. The monoisotopic (exact) mass is 379 g/mol. The van der Waals surface area contributed by atoms with E-state index in [-0.39, 0.29) is 0 Å². The Morgan fingerprint density at radius 3 is 2.95 bits per heavy atom. The number of aromatic nitrogens is 1. The number of hydrogen-bond donors (Lipinski definition) is 1. The van der Waals surface area contributed by atoms with E-state index in [9.17, 15) is 0 Å². The topological polar surface area (TPSA) is 50.8 Å². The maximum absolute atomic E-state index is 6.30. The SMILES string of the molecule is [NH2+]=C(c1ccc2c(c1)C=CCC2)c1nc(Cl)ccc1[N]=[Tc]. The van der Waals surface area contributed by atoms with Gasteiger partial charge < -0.3 is 0 Å². The first-order valence-corrected chi connectivity index (χ1v) is 7.81. The summed E-state index contributed by atoms with van der Waals surface area (Å²) in [5, 5.41) is 6.71. The van der Waals surface area contributed by atoms with Crippen LogP contribution >= 0.6 is 11.6 Å². The number of fused-ring (bicyclic) bond motifs is 1. The molecule has 0 unspecified atom stereocenters. The summed E-state index contributed by atoms with van der Waals surface area (Å²) in [7, 11) is 0. The Bertz CT molecular complexity index is 768. The van der Waals surface area contributed by atoms with E-state index in [1.54, 1.807) is 6.07 Å². The van der Waals surface area contributed by atoms with Crippen LogP contribution in [0, 0.1) is 0 Å². The molecule has 0 bridgehead atoms. The van der Waals surface area contributed by atoms with Crippen molar-refractivity contribution in [1.82, 2.24) is 4.98 Å². The Morgan fingerprint density at radius 1 is 1.29 bits per heavy atom. The standard InChI is InChI=1S/C16H12ClN3.Tc/c17-14-8-7-13(18)16(20-14)15(19)12-6-5-10-3-1-2-4-11(10)9-12;/h2,4-9,19H,1,3H2;/p+1. The Labute approximate surface area is 138 Å². The van der Waals surface area contributed by atoms with E-state index in [0.29, 0.717) is 16.6 Å². The molecule has 0 amide bonds. The summed E-state index contributed by atoms with van der Waals surface area (Å²) in [6.07, 6.45) is 6.51. The molecular weight excluding hydrogens is 368 g/mol. The van der Waals surface area contributed by atoms with Crippen molar-refractivity contribution < 1.29 is 24.1 Å². The van der Waals surface area contributed by atoms with Gasteiger partial charge in [0.15, 0.2) is 0 Å². The Morgan fingerprint density at radius 2 is 2.14 bits per heavy atom. The minimum absolute atomic E-state index is 0.412. The van der Waals surface area contributed by atoms with E-state index in [1.165, 1.54) is 11.1 Å². The zero-order chi connectivity index (χ0) is 14.8. The molecule has 3 nitrogen and oxygen atoms in total. The van der Waals surface area contributed by atoms with E-state index < -0.39 is 0 Å². The first-order valence-electron chi connectivity index (χ1n) is 6.60. The molecule has 1 aliphatic carbocycles. The Balaban J connectivity index is 2.05. The molecular formula is C16H13ClN3Tc+. The van der Waals surface area contributed by atoms with Gasteiger partial charge in [0.05, 0.1) is 0 Å². The summed E-state index contributed by atoms with van der Waals surface area (Å²) in [6, 6.07) is 9.80. The molecule has 1 aromatic carbocycles. The van der Waals surface area contributed by atoms with Crippen LogP contribution in [0.5, 0.6) is 0 Å². The molecule has 5 heteroatoms. The fourth-order valence-electron chi connectivity index (χ4n) is 2.43. The zero-order valence-electron chi connectivity index (χ0n) is 11.2. The van der Waals surface area contributed by atoms with E-state index >= 15 is 0 Å². The second kappa shape index (κ2) is 6.10. The Hall–Kier alpha value is -1.48. The number of halogens is 1. The molecule has 105 valence electrons. The van der Waals surface area contributed by atoms with Crippen molar-refractivity contribution in [2.75, 3.05) is 0 Å². The van der Waals surface area contributed by atoms with Gasteiger partial charge in [0.1, 0.15) is 0 Å². The third kappa shape index (κ3) is 2.93. The van der Waals surface area contributed by atoms with Crippen LogP contribution < -0.4 is 5.41 Å². The Kier molecular flexibility index (Phi) is 4.20. The van der Waals surface area contributed by atoms with Gasteiger partial charge in [-0.15, -0.1) is 0 Å². The molecule has 0 atom stereocenters. The predicted molar refractivity (Wildman–Crippen MR) is 80.3 cm³/mol. The van der Waals surface area contributed by atoms with Crippen LogP contribution in [0.2, 0.25) is 5.15 Å². The van der Waals surface area contributed by atoms with E-state index in [1.807, 2.05) is 30.8 Å². The van der Waals surface area contributed by atoms with Crippen LogP contribution in [0.25, 0.3) is 6.08 Å². The third-order valence-electron chi connectivity index (χ3n) is 3.52. The van der Waals surface area contributed by atoms with Crippen molar-refractivity contribution in [3.63, 3.8) is 0 Å². The second-order valence-corrected chi connectivity index (χ2v) is 5.66. The summed E-state index contributed by atoms with van der Waals surface area (Å²) < 4.78 is 4.18. The molecule has 1 heterocycles. The molecule has 1 aromatic heterocycles. The summed E-state index contributed by atoms with van der Waals surface area (Å²) in [4.78, 5) is 4.32. The van der Waals surface area contributed by atoms with Gasteiger partial charge in [-0.25, -0.2) is 0 Å². The molecule has 0 spiro atoms. The fourth-order valence-corrected chi connectivity index (χ4v) is 2.91. The van der Waals surface area contributed by atoms with Gasteiger partial charge >= 0.3 is 139 Å². The number of nitrogens with zero attached hydrogens (tertiary/aromatic N) is 2. The van der Waals surface area contributed by atoms with Crippen molar-refractivity contribution in [1.29, 1.82) is 0 Å². The van der Waals surface area contributed by atoms with Gasteiger partial charge in [-0.3, -0.25) is 0 Å². The van der Waals surface area contributed by atoms with Crippen molar-refractivity contribution >= 4 is 29.1 Å². The van der Waals surface area contributed by atoms with Crippen LogP contribution in [-0.4, -0.2) is 10.7 Å². The van der Waals surface area contributed by atoms with Crippen molar-refractivity contribution in [2.24, 2.45) is 3.61 Å². The number of allylic oxidation sites excluding steroid dienone is 1. The van der Waals surface area contributed by atoms with Crippen molar-refractivity contribution in [2.45, 2.75) is 12.8 Å². The van der Waals surface area contributed by atoms with Crippen molar-refractivity contribution in [3.8, 4) is 0 Å². The summed E-state index contributed by atoms with van der Waals surface area (Å²) in [5.41, 5.74) is 5.46. The molecule has 0 saturated carbocycles. The minimum atomic E-state index is 0.412. The summed E-state index contributed by atoms with van der Waals surface area (Å²) >= 11 is 7.93. The van der Waals surface area contributed by atoms with Gasteiger partial charge in [-0.1, -0.05) is 0 Å². The molecule has 0 aliphatic heterocycles. The first kappa shape index (κ1) is 14.5. The zero-order valence-corrected chi connectivity index (χ0v) is 13.8. The van der Waals surface area contributed by atoms with Gasteiger partial charge in [-0.05, 0) is 0 Å². The number of rotatable bonds is 3. The van der Waals surface area contributed by atoms with Gasteiger partial charge in [0, 0.05) is 0 Å². The average molecular weight is 381 g/mol. The molecule has 3 rings (SSSR count). The predicted octanol–water partition coefficient (Wildman–Crippen LogP) is 2.65. The summed E-state index contributed by atoms with van der Waals surface area (Å²) in [6.45, 7) is 0. The van der Waals surface area contributed by atoms with E-state index in [4.69, 9.17) is 17.0 Å². The number of hydrogen-bond acceptors (Lipinski definition) is 2. The molecule has 2 N–H and O–H groups in total. The molecule has 0 saturated heterocycles. The molecule has 0 radical (unpaired) electrons. The van der Waals surface area contributed by atoms with Crippen LogP contribution in [0.3, 0.4) is 0 Å². The first-order chi connectivity index (χ1) is 10.2. The average Bonchev–Trinajstić information content (AvgIpc) is 2.53.